The molecule has 0 bridgehead atoms. The summed E-state index contributed by atoms with van der Waals surface area (Å²) in [6.45, 7) is 0. The van der Waals surface area contributed by atoms with E-state index in [1.165, 1.54) is 0 Å². The predicted molar refractivity (Wildman–Crippen MR) is 68.3 cm³/mol. The Labute approximate surface area is 102 Å². The molecule has 0 N–H and O–H groups in total. The van der Waals surface area contributed by atoms with E-state index in [9.17, 15) is 4.79 Å². The molecule has 84 valence electrons. The Morgan fingerprint density at radius 2 is 1.89 bits per heavy atom. The maximum Gasteiger partial charge on any atom is 0.277 e. The average molecular weight is 232 g/mol. The molecule has 2 aromatic carbocycles. The van der Waals surface area contributed by atoms with Gasteiger partial charge in [-0.2, -0.15) is 0 Å². The minimum Gasteiger partial charge on any atom is -0.267 e. The van der Waals surface area contributed by atoms with E-state index in [2.05, 4.69) is 9.98 Å². The van der Waals surface area contributed by atoms with Crippen LogP contribution in [0.15, 0.2) is 46.4 Å². The van der Waals surface area contributed by atoms with Crippen molar-refractivity contribution >= 4 is 23.9 Å². The Morgan fingerprint density at radius 3 is 2.83 bits per heavy atom. The Morgan fingerprint density at radius 1 is 1.00 bits per heavy atom. The lowest BCUT2D eigenvalue weighted by molar-refractivity contribution is 0.100. The zero-order valence-corrected chi connectivity index (χ0v) is 9.42. The molecular weight excluding hydrogens is 224 g/mol. The van der Waals surface area contributed by atoms with Gasteiger partial charge in [-0.15, -0.1) is 0 Å². The van der Waals surface area contributed by atoms with E-state index in [1.54, 1.807) is 12.3 Å². The minimum absolute atomic E-state index is 0.181. The first-order valence-corrected chi connectivity index (χ1v) is 5.74. The predicted octanol–water partition coefficient (Wildman–Crippen LogP) is 1.24. The third kappa shape index (κ3) is 1.10. The molecule has 2 aliphatic heterocycles. The lowest BCUT2D eigenvalue weighted by atomic mass is 10.1. The Hall–Kier alpha value is -2.55. The van der Waals surface area contributed by atoms with Crippen molar-refractivity contribution in [3.8, 4) is 0 Å². The maximum atomic E-state index is 11.7. The highest BCUT2D eigenvalue weighted by atomic mass is 16.1. The van der Waals surface area contributed by atoms with Crippen molar-refractivity contribution in [2.45, 2.75) is 0 Å². The van der Waals surface area contributed by atoms with Crippen LogP contribution in [0.1, 0.15) is 10.4 Å². The molecule has 0 fully saturated rings. The third-order valence-electron chi connectivity index (χ3n) is 3.30. The van der Waals surface area contributed by atoms with Crippen molar-refractivity contribution in [1.29, 1.82) is 0 Å². The molecule has 0 spiro atoms. The van der Waals surface area contributed by atoms with E-state index >= 15 is 0 Å². The zero-order valence-electron chi connectivity index (χ0n) is 9.42. The van der Waals surface area contributed by atoms with Gasteiger partial charge in [-0.3, -0.25) is 4.79 Å². The molecule has 0 saturated carbocycles. The van der Waals surface area contributed by atoms with Gasteiger partial charge >= 0.3 is 0 Å². The number of fused-ring (bicyclic) bond motifs is 4. The molecule has 1 amide bonds. The second-order valence-electron chi connectivity index (χ2n) is 4.30. The highest BCUT2D eigenvalue weighted by Crippen LogP contribution is 2.16. The lowest BCUT2D eigenvalue weighted by Gasteiger charge is -2.02. The summed E-state index contributed by atoms with van der Waals surface area (Å²) in [5, 5.41) is 4.02. The van der Waals surface area contributed by atoms with E-state index < -0.39 is 0 Å². The molecule has 0 aliphatic carbocycles. The van der Waals surface area contributed by atoms with Gasteiger partial charge in [-0.1, -0.05) is 18.2 Å². The number of hydrogen-bond acceptors (Lipinski definition) is 2. The van der Waals surface area contributed by atoms with E-state index in [-0.39, 0.29) is 5.91 Å². The topological polar surface area (TPSA) is 41.8 Å². The molecule has 0 radical (unpaired) electrons. The van der Waals surface area contributed by atoms with Crippen LogP contribution in [-0.4, -0.2) is 12.1 Å². The van der Waals surface area contributed by atoms with E-state index in [1.807, 2.05) is 36.4 Å². The number of para-hydroxylation sites is 1. The van der Waals surface area contributed by atoms with Gasteiger partial charge in [0.15, 0.2) is 0 Å². The monoisotopic (exact) mass is 232 g/mol. The number of hydrogen-bond donors (Lipinski definition) is 0. The van der Waals surface area contributed by atoms with Crippen LogP contribution in [0.3, 0.4) is 0 Å². The first kappa shape index (κ1) is 9.48. The normalized spacial score (nSPS) is 14.3. The summed E-state index contributed by atoms with van der Waals surface area (Å²) < 4.78 is 0. The number of benzene rings is 2. The van der Waals surface area contributed by atoms with Crippen LogP contribution in [0.2, 0.25) is 0 Å². The highest BCUT2D eigenvalue weighted by molar-refractivity contribution is 6.09. The maximum absolute atomic E-state index is 11.7. The Balaban J connectivity index is 2.38. The number of carbonyl (C=O) groups excluding carboxylic acids is 1. The van der Waals surface area contributed by atoms with Crippen LogP contribution >= 0.6 is 0 Å². The van der Waals surface area contributed by atoms with Crippen molar-refractivity contribution in [3.05, 3.63) is 63.0 Å². The van der Waals surface area contributed by atoms with E-state index in [4.69, 9.17) is 0 Å². The van der Waals surface area contributed by atoms with Crippen molar-refractivity contribution in [2.24, 2.45) is 9.98 Å². The quantitative estimate of drug-likeness (QED) is 0.575. The van der Waals surface area contributed by atoms with Crippen LogP contribution in [0.5, 0.6) is 0 Å². The number of nitrogens with zero attached hydrogens (tertiary/aromatic N) is 2. The first-order chi connectivity index (χ1) is 8.84. The molecular formula is C15H8N2O. The smallest absolute Gasteiger partial charge is 0.267 e. The SMILES string of the molecule is O=C1N=CC=c2c1ccc1c2=c2ccccc2=N1. The molecule has 0 atom stereocenters. The van der Waals surface area contributed by atoms with Gasteiger partial charge in [0.1, 0.15) is 0 Å². The molecule has 0 aromatic heterocycles. The lowest BCUT2D eigenvalue weighted by Crippen LogP contribution is -2.19. The summed E-state index contributed by atoms with van der Waals surface area (Å²) in [5.41, 5.74) is 1.58. The van der Waals surface area contributed by atoms with Crippen LogP contribution < -0.4 is 10.6 Å². The van der Waals surface area contributed by atoms with Crippen molar-refractivity contribution in [3.63, 3.8) is 0 Å². The summed E-state index contributed by atoms with van der Waals surface area (Å²) >= 11 is 0. The second kappa shape index (κ2) is 3.23. The molecule has 0 unspecified atom stereocenters. The number of aliphatic imine (C=N–C) groups is 1. The summed E-state index contributed by atoms with van der Waals surface area (Å²) in [7, 11) is 0. The number of amides is 1. The molecule has 2 heterocycles. The van der Waals surface area contributed by atoms with Crippen molar-refractivity contribution < 1.29 is 4.79 Å². The van der Waals surface area contributed by atoms with Gasteiger partial charge in [0.05, 0.1) is 11.0 Å². The Kier molecular flexibility index (Phi) is 1.70. The molecule has 2 aromatic rings. The van der Waals surface area contributed by atoms with Crippen LogP contribution in [0.25, 0.3) is 6.08 Å². The fourth-order valence-corrected chi connectivity index (χ4v) is 2.51. The first-order valence-electron chi connectivity index (χ1n) is 5.74. The molecule has 0 saturated heterocycles. The van der Waals surface area contributed by atoms with E-state index in [0.717, 1.165) is 26.7 Å². The zero-order chi connectivity index (χ0) is 12.1. The van der Waals surface area contributed by atoms with Gasteiger partial charge < -0.3 is 0 Å². The van der Waals surface area contributed by atoms with Crippen molar-refractivity contribution in [2.75, 3.05) is 0 Å². The molecule has 18 heavy (non-hydrogen) atoms. The number of carbonyl (C=O) groups is 1. The van der Waals surface area contributed by atoms with Crippen LogP contribution in [0.4, 0.5) is 5.69 Å². The summed E-state index contributed by atoms with van der Waals surface area (Å²) in [6, 6.07) is 11.7. The fraction of sp³-hybridized carbons (Fsp3) is 0. The summed E-state index contributed by atoms with van der Waals surface area (Å²) in [4.78, 5) is 20.1. The second-order valence-corrected chi connectivity index (χ2v) is 4.30. The standard InChI is InChI=1S/C15H8N2O/c18-15-10-5-6-13-14(9(10)7-8-16-15)11-3-1-2-4-12(11)17-13/h1-8H. The fourth-order valence-electron chi connectivity index (χ4n) is 2.51. The van der Waals surface area contributed by atoms with Crippen LogP contribution in [-0.2, 0) is 0 Å². The summed E-state index contributed by atoms with van der Waals surface area (Å²) in [5.74, 6) is -0.181. The minimum atomic E-state index is -0.181. The average Bonchev–Trinajstić information content (AvgIpc) is 2.77. The van der Waals surface area contributed by atoms with Crippen LogP contribution in [0, 0.1) is 10.4 Å². The summed E-state index contributed by atoms with van der Waals surface area (Å²) in [6.07, 6.45) is 3.44. The van der Waals surface area contributed by atoms with Gasteiger partial charge in [-0.05, 0) is 29.5 Å². The van der Waals surface area contributed by atoms with E-state index in [0.29, 0.717) is 5.56 Å². The highest BCUT2D eigenvalue weighted by Gasteiger charge is 2.13. The largest absolute Gasteiger partial charge is 0.277 e. The van der Waals surface area contributed by atoms with Crippen molar-refractivity contribution in [1.82, 2.24) is 0 Å². The van der Waals surface area contributed by atoms with Gasteiger partial charge in [0.2, 0.25) is 0 Å². The molecule has 3 nitrogen and oxygen atoms in total. The van der Waals surface area contributed by atoms with Gasteiger partial charge in [0.25, 0.3) is 5.91 Å². The Bertz CT molecular complexity index is 939. The molecule has 2 aliphatic rings. The number of rotatable bonds is 0. The van der Waals surface area contributed by atoms with Gasteiger partial charge in [-0.25, -0.2) is 9.98 Å². The third-order valence-corrected chi connectivity index (χ3v) is 3.30. The molecule has 4 rings (SSSR count). The molecule has 3 heteroatoms. The van der Waals surface area contributed by atoms with Gasteiger partial charge in [0, 0.05) is 22.2 Å².